The first-order valence-corrected chi connectivity index (χ1v) is 8.36. The number of nitrogens with zero attached hydrogens (tertiary/aromatic N) is 3. The smallest absolute Gasteiger partial charge is 0.225 e. The molecule has 3 rings (SSSR count). The number of rotatable bonds is 5. The fourth-order valence-electron chi connectivity index (χ4n) is 3.34. The third-order valence-electron chi connectivity index (χ3n) is 4.50. The van der Waals surface area contributed by atoms with Gasteiger partial charge in [-0.05, 0) is 44.7 Å². The molecule has 120 valence electrons. The average Bonchev–Trinajstić information content (AvgIpc) is 3.08. The average molecular weight is 303 g/mol. The van der Waals surface area contributed by atoms with Crippen LogP contribution in [0.15, 0.2) is 18.5 Å². The van der Waals surface area contributed by atoms with E-state index in [-0.39, 0.29) is 11.9 Å². The van der Waals surface area contributed by atoms with Crippen LogP contribution in [0.25, 0.3) is 0 Å². The monoisotopic (exact) mass is 303 g/mol. The normalized spacial score (nSPS) is 25.2. The molecule has 2 saturated heterocycles. The molecule has 0 aromatic carbocycles. The van der Waals surface area contributed by atoms with Crippen molar-refractivity contribution >= 4 is 11.9 Å². The lowest BCUT2D eigenvalue weighted by Crippen LogP contribution is -2.48. The molecule has 2 atom stereocenters. The third kappa shape index (κ3) is 4.16. The van der Waals surface area contributed by atoms with E-state index in [9.17, 15) is 4.79 Å². The maximum atomic E-state index is 12.1. The predicted octanol–water partition coefficient (Wildman–Crippen LogP) is 1.09. The first-order valence-electron chi connectivity index (χ1n) is 8.36. The second-order valence-electron chi connectivity index (χ2n) is 6.23. The van der Waals surface area contributed by atoms with Crippen molar-refractivity contribution < 1.29 is 4.79 Å². The predicted molar refractivity (Wildman–Crippen MR) is 85.7 cm³/mol. The van der Waals surface area contributed by atoms with Gasteiger partial charge in [0, 0.05) is 44.0 Å². The molecule has 1 amide bonds. The number of carbonyl (C=O) groups excluding carboxylic acids is 1. The minimum Gasteiger partial charge on any atom is -0.352 e. The van der Waals surface area contributed by atoms with Crippen LogP contribution in [0.3, 0.4) is 0 Å². The van der Waals surface area contributed by atoms with E-state index in [4.69, 9.17) is 0 Å². The van der Waals surface area contributed by atoms with Crippen LogP contribution in [0.2, 0.25) is 0 Å². The minimum atomic E-state index is 0.175. The summed E-state index contributed by atoms with van der Waals surface area (Å²) in [6.07, 6.45) is 9.64. The van der Waals surface area contributed by atoms with Gasteiger partial charge in [0.1, 0.15) is 0 Å². The Morgan fingerprint density at radius 2 is 2.18 bits per heavy atom. The van der Waals surface area contributed by atoms with E-state index >= 15 is 0 Å². The van der Waals surface area contributed by atoms with Gasteiger partial charge in [0.25, 0.3) is 0 Å². The molecule has 2 unspecified atom stereocenters. The first-order chi connectivity index (χ1) is 10.8. The van der Waals surface area contributed by atoms with Crippen molar-refractivity contribution in [2.75, 3.05) is 24.5 Å². The number of hydrogen-bond acceptors (Lipinski definition) is 5. The van der Waals surface area contributed by atoms with Crippen molar-refractivity contribution in [3.8, 4) is 0 Å². The molecule has 2 N–H and O–H groups in total. The van der Waals surface area contributed by atoms with Crippen molar-refractivity contribution in [2.45, 2.75) is 50.6 Å². The fraction of sp³-hybridized carbons (Fsp3) is 0.688. The van der Waals surface area contributed by atoms with Gasteiger partial charge in [0.05, 0.1) is 0 Å². The molecule has 1 aromatic rings. The SMILES string of the molecule is O=C(CCC1CCCN1)NC1CCCN(c2ncccn2)C1. The molecule has 6 heteroatoms. The molecule has 0 aliphatic carbocycles. The van der Waals surface area contributed by atoms with Crippen LogP contribution in [-0.2, 0) is 4.79 Å². The molecule has 3 heterocycles. The Kier molecular flexibility index (Phi) is 5.21. The molecule has 22 heavy (non-hydrogen) atoms. The van der Waals surface area contributed by atoms with Gasteiger partial charge in [0.15, 0.2) is 0 Å². The number of aromatic nitrogens is 2. The van der Waals surface area contributed by atoms with Crippen molar-refractivity contribution in [3.63, 3.8) is 0 Å². The fourth-order valence-corrected chi connectivity index (χ4v) is 3.34. The Morgan fingerprint density at radius 3 is 2.95 bits per heavy atom. The number of carbonyl (C=O) groups is 1. The Balaban J connectivity index is 1.44. The molecule has 2 aliphatic rings. The highest BCUT2D eigenvalue weighted by Gasteiger charge is 2.23. The molecule has 0 radical (unpaired) electrons. The summed E-state index contributed by atoms with van der Waals surface area (Å²) >= 11 is 0. The summed E-state index contributed by atoms with van der Waals surface area (Å²) in [5, 5.41) is 6.62. The van der Waals surface area contributed by atoms with Gasteiger partial charge in [0.2, 0.25) is 11.9 Å². The standard InChI is InChI=1S/C16H25N5O/c22-15(7-6-13-4-1-8-17-13)20-14-5-2-11-21(12-14)16-18-9-3-10-19-16/h3,9-10,13-14,17H,1-2,4-8,11-12H2,(H,20,22). The molecule has 2 fully saturated rings. The van der Waals surface area contributed by atoms with Gasteiger partial charge < -0.3 is 15.5 Å². The van der Waals surface area contributed by atoms with Gasteiger partial charge in [-0.25, -0.2) is 9.97 Å². The van der Waals surface area contributed by atoms with Gasteiger partial charge in [-0.15, -0.1) is 0 Å². The molecule has 2 aliphatic heterocycles. The summed E-state index contributed by atoms with van der Waals surface area (Å²) in [7, 11) is 0. The maximum Gasteiger partial charge on any atom is 0.225 e. The van der Waals surface area contributed by atoms with Crippen LogP contribution in [-0.4, -0.2) is 47.6 Å². The van der Waals surface area contributed by atoms with Crippen LogP contribution in [0, 0.1) is 0 Å². The van der Waals surface area contributed by atoms with Gasteiger partial charge >= 0.3 is 0 Å². The summed E-state index contributed by atoms with van der Waals surface area (Å²) in [6.45, 7) is 2.86. The molecule has 1 aromatic heterocycles. The van der Waals surface area contributed by atoms with Crippen LogP contribution in [0.1, 0.15) is 38.5 Å². The van der Waals surface area contributed by atoms with Crippen LogP contribution in [0.4, 0.5) is 5.95 Å². The largest absolute Gasteiger partial charge is 0.352 e. The summed E-state index contributed by atoms with van der Waals surface area (Å²) in [5.41, 5.74) is 0. The van der Waals surface area contributed by atoms with Gasteiger partial charge in [-0.3, -0.25) is 4.79 Å². The summed E-state index contributed by atoms with van der Waals surface area (Å²) in [4.78, 5) is 22.9. The second-order valence-corrected chi connectivity index (χ2v) is 6.23. The highest BCUT2D eigenvalue weighted by Crippen LogP contribution is 2.16. The number of anilines is 1. The van der Waals surface area contributed by atoms with E-state index in [0.717, 1.165) is 44.8 Å². The van der Waals surface area contributed by atoms with E-state index in [1.54, 1.807) is 12.4 Å². The van der Waals surface area contributed by atoms with Crippen molar-refractivity contribution in [2.24, 2.45) is 0 Å². The van der Waals surface area contributed by atoms with Gasteiger partial charge in [-0.2, -0.15) is 0 Å². The molecular weight excluding hydrogens is 278 g/mol. The highest BCUT2D eigenvalue weighted by atomic mass is 16.1. The van der Waals surface area contributed by atoms with E-state index in [2.05, 4.69) is 25.5 Å². The van der Waals surface area contributed by atoms with E-state index in [1.807, 2.05) is 6.07 Å². The number of nitrogens with one attached hydrogen (secondary N) is 2. The molecule has 0 bridgehead atoms. The zero-order valence-electron chi connectivity index (χ0n) is 13.0. The van der Waals surface area contributed by atoms with Crippen molar-refractivity contribution in [1.82, 2.24) is 20.6 Å². The van der Waals surface area contributed by atoms with Crippen molar-refractivity contribution in [1.29, 1.82) is 0 Å². The first kappa shape index (κ1) is 15.2. The lowest BCUT2D eigenvalue weighted by atomic mass is 10.0. The number of hydrogen-bond donors (Lipinski definition) is 2. The summed E-state index contributed by atoms with van der Waals surface area (Å²) in [5.74, 6) is 0.936. The topological polar surface area (TPSA) is 70.2 Å². The van der Waals surface area contributed by atoms with E-state index in [0.29, 0.717) is 12.5 Å². The molecular formula is C16H25N5O. The molecule has 0 saturated carbocycles. The Morgan fingerprint density at radius 1 is 1.32 bits per heavy atom. The lowest BCUT2D eigenvalue weighted by Gasteiger charge is -2.33. The number of piperidine rings is 1. The van der Waals surface area contributed by atoms with E-state index in [1.165, 1.54) is 12.8 Å². The Bertz CT molecular complexity index is 475. The third-order valence-corrected chi connectivity index (χ3v) is 4.50. The number of amides is 1. The van der Waals surface area contributed by atoms with E-state index < -0.39 is 0 Å². The lowest BCUT2D eigenvalue weighted by molar-refractivity contribution is -0.122. The van der Waals surface area contributed by atoms with Gasteiger partial charge in [-0.1, -0.05) is 0 Å². The quantitative estimate of drug-likeness (QED) is 0.852. The summed E-state index contributed by atoms with van der Waals surface area (Å²) in [6, 6.07) is 2.57. The molecule has 0 spiro atoms. The summed E-state index contributed by atoms with van der Waals surface area (Å²) < 4.78 is 0. The zero-order chi connectivity index (χ0) is 15.2. The van der Waals surface area contributed by atoms with Crippen LogP contribution in [0.5, 0.6) is 0 Å². The second kappa shape index (κ2) is 7.54. The maximum absolute atomic E-state index is 12.1. The van der Waals surface area contributed by atoms with Crippen molar-refractivity contribution in [3.05, 3.63) is 18.5 Å². The Labute approximate surface area is 131 Å². The molecule has 6 nitrogen and oxygen atoms in total. The minimum absolute atomic E-state index is 0.175. The van der Waals surface area contributed by atoms with Crippen LogP contribution >= 0.6 is 0 Å². The zero-order valence-corrected chi connectivity index (χ0v) is 13.0. The van der Waals surface area contributed by atoms with Crippen LogP contribution < -0.4 is 15.5 Å². The Hall–Kier alpha value is -1.69. The highest BCUT2D eigenvalue weighted by molar-refractivity contribution is 5.76.